The van der Waals surface area contributed by atoms with Crippen molar-refractivity contribution < 1.29 is 4.74 Å². The van der Waals surface area contributed by atoms with Gasteiger partial charge in [-0.25, -0.2) is 4.98 Å². The first kappa shape index (κ1) is 18.6. The Hall–Kier alpha value is -4.11. The fourth-order valence-corrected chi connectivity index (χ4v) is 4.62. The first-order chi connectivity index (χ1) is 15.7. The number of fused-ring (bicyclic) bond motifs is 6. The molecule has 0 radical (unpaired) electrons. The smallest absolute Gasteiger partial charge is 0.146 e. The van der Waals surface area contributed by atoms with Crippen LogP contribution in [0.1, 0.15) is 5.56 Å². The lowest BCUT2D eigenvalue weighted by atomic mass is 10.0. The maximum Gasteiger partial charge on any atom is 0.146 e. The minimum atomic E-state index is 0.851. The summed E-state index contributed by atoms with van der Waals surface area (Å²) in [4.78, 5) is 5.24. The number of pyridine rings is 1. The van der Waals surface area contributed by atoms with E-state index in [1.54, 1.807) is 7.11 Å². The summed E-state index contributed by atoms with van der Waals surface area (Å²) in [6.07, 6.45) is 0. The minimum absolute atomic E-state index is 0.851. The molecule has 3 nitrogen and oxygen atoms in total. The van der Waals surface area contributed by atoms with Crippen LogP contribution in [0.2, 0.25) is 0 Å². The molecule has 0 N–H and O–H groups in total. The van der Waals surface area contributed by atoms with Crippen molar-refractivity contribution in [3.8, 4) is 28.3 Å². The van der Waals surface area contributed by atoms with Crippen LogP contribution in [0.15, 0.2) is 97.1 Å². The molecule has 6 rings (SSSR count). The number of nitrogens with zero attached hydrogens (tertiary/aromatic N) is 2. The van der Waals surface area contributed by atoms with E-state index >= 15 is 0 Å². The molecule has 4 aromatic carbocycles. The molecule has 154 valence electrons. The van der Waals surface area contributed by atoms with Gasteiger partial charge in [-0.05, 0) is 30.5 Å². The van der Waals surface area contributed by atoms with Gasteiger partial charge in [-0.3, -0.25) is 4.40 Å². The molecule has 0 aliphatic rings. The Labute approximate surface area is 186 Å². The van der Waals surface area contributed by atoms with Crippen LogP contribution >= 0.6 is 0 Å². The van der Waals surface area contributed by atoms with Crippen molar-refractivity contribution in [2.75, 3.05) is 7.11 Å². The predicted octanol–water partition coefficient (Wildman–Crippen LogP) is 7.29. The van der Waals surface area contributed by atoms with Crippen LogP contribution in [0.25, 0.3) is 49.8 Å². The summed E-state index contributed by atoms with van der Waals surface area (Å²) in [6.45, 7) is 2.13. The average molecular weight is 415 g/mol. The highest BCUT2D eigenvalue weighted by Crippen LogP contribution is 2.39. The number of rotatable bonds is 3. The molecule has 0 fully saturated rings. The largest absolute Gasteiger partial charge is 0.497 e. The second-order valence-corrected chi connectivity index (χ2v) is 8.13. The van der Waals surface area contributed by atoms with Crippen molar-refractivity contribution in [3.63, 3.8) is 0 Å². The molecule has 3 heteroatoms. The highest BCUT2D eigenvalue weighted by atomic mass is 16.5. The van der Waals surface area contributed by atoms with Crippen molar-refractivity contribution in [1.29, 1.82) is 0 Å². The molecule has 0 saturated heterocycles. The number of aromatic nitrogens is 2. The third-order valence-electron chi connectivity index (χ3n) is 6.12. The Morgan fingerprint density at radius 3 is 2.12 bits per heavy atom. The van der Waals surface area contributed by atoms with E-state index in [0.717, 1.165) is 50.2 Å². The molecule has 32 heavy (non-hydrogen) atoms. The summed E-state index contributed by atoms with van der Waals surface area (Å²) in [5, 5.41) is 3.48. The summed E-state index contributed by atoms with van der Waals surface area (Å²) in [6, 6.07) is 33.9. The molecular weight excluding hydrogens is 392 g/mol. The van der Waals surface area contributed by atoms with Gasteiger partial charge in [-0.2, -0.15) is 0 Å². The van der Waals surface area contributed by atoms with Gasteiger partial charge in [0.15, 0.2) is 0 Å². The van der Waals surface area contributed by atoms with Crippen LogP contribution in [0, 0.1) is 6.92 Å². The molecule has 0 spiro atoms. The van der Waals surface area contributed by atoms with Crippen molar-refractivity contribution in [1.82, 2.24) is 9.38 Å². The van der Waals surface area contributed by atoms with Gasteiger partial charge < -0.3 is 4.74 Å². The van der Waals surface area contributed by atoms with Gasteiger partial charge in [-0.1, -0.05) is 84.4 Å². The molecule has 0 aliphatic carbocycles. The van der Waals surface area contributed by atoms with Crippen molar-refractivity contribution >= 4 is 27.3 Å². The van der Waals surface area contributed by atoms with Gasteiger partial charge in [0.05, 0.1) is 24.0 Å². The Balaban J connectivity index is 1.88. The van der Waals surface area contributed by atoms with E-state index in [-0.39, 0.29) is 0 Å². The normalized spacial score (nSPS) is 11.4. The summed E-state index contributed by atoms with van der Waals surface area (Å²) in [5.74, 6) is 0.851. The lowest BCUT2D eigenvalue weighted by Gasteiger charge is -2.13. The van der Waals surface area contributed by atoms with Crippen LogP contribution < -0.4 is 4.74 Å². The van der Waals surface area contributed by atoms with Gasteiger partial charge in [0.25, 0.3) is 0 Å². The zero-order chi connectivity index (χ0) is 21.7. The van der Waals surface area contributed by atoms with Gasteiger partial charge in [0.1, 0.15) is 11.4 Å². The monoisotopic (exact) mass is 414 g/mol. The third kappa shape index (κ3) is 2.78. The summed E-state index contributed by atoms with van der Waals surface area (Å²) in [5.41, 5.74) is 7.65. The zero-order valence-electron chi connectivity index (χ0n) is 18.0. The fraction of sp³-hybridized carbons (Fsp3) is 0.0690. The lowest BCUT2D eigenvalue weighted by Crippen LogP contribution is -1.95. The molecule has 0 unspecified atom stereocenters. The van der Waals surface area contributed by atoms with E-state index in [4.69, 9.17) is 9.72 Å². The summed E-state index contributed by atoms with van der Waals surface area (Å²) >= 11 is 0. The van der Waals surface area contributed by atoms with Gasteiger partial charge in [0.2, 0.25) is 0 Å². The second kappa shape index (κ2) is 7.24. The SMILES string of the molecule is COc1ccc2c(c1)c1cc(C)ccc1c1nc(-c3ccccc3)c(-c3ccccc3)n21. The van der Waals surface area contributed by atoms with E-state index < -0.39 is 0 Å². The van der Waals surface area contributed by atoms with Gasteiger partial charge in [0, 0.05) is 21.9 Å². The predicted molar refractivity (Wildman–Crippen MR) is 132 cm³/mol. The maximum absolute atomic E-state index is 5.58. The molecule has 0 atom stereocenters. The van der Waals surface area contributed by atoms with Crippen LogP contribution in [0.5, 0.6) is 5.75 Å². The molecule has 0 saturated carbocycles. The standard InChI is InChI=1S/C29H22N2O/c1-19-13-15-23-24(17-19)25-18-22(32-2)14-16-26(25)31-28(21-11-7-4-8-12-21)27(30-29(23)31)20-9-5-3-6-10-20/h3-18H,1-2H3. The summed E-state index contributed by atoms with van der Waals surface area (Å²) in [7, 11) is 1.72. The Morgan fingerprint density at radius 1 is 0.688 bits per heavy atom. The number of hydrogen-bond acceptors (Lipinski definition) is 2. The average Bonchev–Trinajstić information content (AvgIpc) is 3.25. The topological polar surface area (TPSA) is 26.5 Å². The molecule has 0 amide bonds. The van der Waals surface area contributed by atoms with Crippen LogP contribution in [-0.4, -0.2) is 16.5 Å². The Morgan fingerprint density at radius 2 is 1.41 bits per heavy atom. The fourth-order valence-electron chi connectivity index (χ4n) is 4.62. The number of hydrogen-bond donors (Lipinski definition) is 0. The molecule has 6 aromatic rings. The number of methoxy groups -OCH3 is 1. The maximum atomic E-state index is 5.58. The molecular formula is C29H22N2O. The highest BCUT2D eigenvalue weighted by molar-refractivity contribution is 6.13. The number of imidazole rings is 1. The van der Waals surface area contributed by atoms with Crippen molar-refractivity contribution in [3.05, 3.63) is 103 Å². The van der Waals surface area contributed by atoms with Crippen LogP contribution in [0.3, 0.4) is 0 Å². The van der Waals surface area contributed by atoms with Crippen molar-refractivity contribution in [2.24, 2.45) is 0 Å². The molecule has 2 aromatic heterocycles. The minimum Gasteiger partial charge on any atom is -0.497 e. The number of aryl methyl sites for hydroxylation is 1. The van der Waals surface area contributed by atoms with E-state index in [2.05, 4.69) is 96.3 Å². The van der Waals surface area contributed by atoms with E-state index in [0.29, 0.717) is 0 Å². The second-order valence-electron chi connectivity index (χ2n) is 8.13. The van der Waals surface area contributed by atoms with E-state index in [9.17, 15) is 0 Å². The van der Waals surface area contributed by atoms with Gasteiger partial charge in [-0.15, -0.1) is 0 Å². The Kier molecular flexibility index (Phi) is 4.22. The number of benzene rings is 4. The Bertz CT molecular complexity index is 1600. The number of ether oxygens (including phenoxy) is 1. The van der Waals surface area contributed by atoms with E-state index in [1.165, 1.54) is 10.9 Å². The first-order valence-corrected chi connectivity index (χ1v) is 10.8. The van der Waals surface area contributed by atoms with Crippen LogP contribution in [0.4, 0.5) is 0 Å². The van der Waals surface area contributed by atoms with Gasteiger partial charge >= 0.3 is 0 Å². The zero-order valence-corrected chi connectivity index (χ0v) is 18.0. The lowest BCUT2D eigenvalue weighted by molar-refractivity contribution is 0.415. The molecule has 0 aliphatic heterocycles. The third-order valence-corrected chi connectivity index (χ3v) is 6.12. The highest BCUT2D eigenvalue weighted by Gasteiger charge is 2.20. The summed E-state index contributed by atoms with van der Waals surface area (Å²) < 4.78 is 7.89. The first-order valence-electron chi connectivity index (χ1n) is 10.8. The quantitative estimate of drug-likeness (QED) is 0.284. The van der Waals surface area contributed by atoms with Crippen molar-refractivity contribution in [2.45, 2.75) is 6.92 Å². The van der Waals surface area contributed by atoms with Crippen LogP contribution in [-0.2, 0) is 0 Å². The van der Waals surface area contributed by atoms with E-state index in [1.807, 2.05) is 12.1 Å². The molecule has 2 heterocycles. The molecule has 0 bridgehead atoms.